The molecule has 20 heavy (non-hydrogen) atoms. The summed E-state index contributed by atoms with van der Waals surface area (Å²) < 4.78 is 0. The molecule has 1 aromatic heterocycles. The van der Waals surface area contributed by atoms with Crippen molar-refractivity contribution in [2.45, 2.75) is 19.1 Å². The first-order chi connectivity index (χ1) is 9.58. The first-order valence-corrected chi connectivity index (χ1v) is 8.03. The molecule has 2 atom stereocenters. The van der Waals surface area contributed by atoms with Crippen molar-refractivity contribution < 1.29 is 15.0 Å². The molecule has 2 unspecified atom stereocenters. The predicted molar refractivity (Wildman–Crippen MR) is 83.9 cm³/mol. The highest BCUT2D eigenvalue weighted by Crippen LogP contribution is 2.33. The molecular weight excluding hydrogens is 292 g/mol. The molecule has 0 aliphatic heterocycles. The van der Waals surface area contributed by atoms with E-state index in [2.05, 4.69) is 0 Å². The van der Waals surface area contributed by atoms with Gasteiger partial charge >= 0.3 is 0 Å². The van der Waals surface area contributed by atoms with Gasteiger partial charge in [-0.3, -0.25) is 4.79 Å². The lowest BCUT2D eigenvalue weighted by Gasteiger charge is -2.15. The Morgan fingerprint density at radius 2 is 1.90 bits per heavy atom. The summed E-state index contributed by atoms with van der Waals surface area (Å²) in [4.78, 5) is 12.6. The number of hydrogen-bond acceptors (Lipinski definition) is 5. The highest BCUT2D eigenvalue weighted by Gasteiger charge is 2.21. The number of thiophene rings is 1. The van der Waals surface area contributed by atoms with Crippen molar-refractivity contribution in [3.05, 3.63) is 47.3 Å². The van der Waals surface area contributed by atoms with Crippen LogP contribution in [0.2, 0.25) is 0 Å². The van der Waals surface area contributed by atoms with Gasteiger partial charge in [0.1, 0.15) is 6.10 Å². The monoisotopic (exact) mass is 308 g/mol. The molecule has 0 amide bonds. The third kappa shape index (κ3) is 3.93. The lowest BCUT2D eigenvalue weighted by Crippen LogP contribution is -2.20. The van der Waals surface area contributed by atoms with Crippen LogP contribution in [0.15, 0.2) is 42.5 Å². The van der Waals surface area contributed by atoms with Gasteiger partial charge in [-0.1, -0.05) is 42.1 Å². The van der Waals surface area contributed by atoms with E-state index in [1.54, 1.807) is 0 Å². The molecule has 2 aromatic rings. The number of aliphatic hydroxyl groups excluding tert-OH is 2. The number of thioether (sulfide) groups is 1. The van der Waals surface area contributed by atoms with Crippen LogP contribution in [0.3, 0.4) is 0 Å². The molecule has 0 saturated carbocycles. The SMILES string of the molecule is CC(=O)SCC(O)C(O)c1ccc(-c2ccccc2)s1. The third-order valence-corrected chi connectivity index (χ3v) is 4.92. The second kappa shape index (κ2) is 7.04. The van der Waals surface area contributed by atoms with Crippen molar-refractivity contribution in [2.75, 3.05) is 5.75 Å². The molecule has 0 fully saturated rings. The maximum absolute atomic E-state index is 10.9. The Morgan fingerprint density at radius 3 is 2.55 bits per heavy atom. The number of hydrogen-bond donors (Lipinski definition) is 2. The van der Waals surface area contributed by atoms with Crippen LogP contribution in [0.1, 0.15) is 17.9 Å². The fraction of sp³-hybridized carbons (Fsp3) is 0.267. The Hall–Kier alpha value is -1.14. The van der Waals surface area contributed by atoms with E-state index in [-0.39, 0.29) is 10.9 Å². The fourth-order valence-electron chi connectivity index (χ4n) is 1.75. The van der Waals surface area contributed by atoms with Crippen LogP contribution < -0.4 is 0 Å². The highest BCUT2D eigenvalue weighted by molar-refractivity contribution is 8.13. The van der Waals surface area contributed by atoms with Crippen molar-refractivity contribution in [2.24, 2.45) is 0 Å². The largest absolute Gasteiger partial charge is 0.389 e. The zero-order valence-corrected chi connectivity index (χ0v) is 12.7. The summed E-state index contributed by atoms with van der Waals surface area (Å²) >= 11 is 2.47. The normalized spacial score (nSPS) is 13.9. The van der Waals surface area contributed by atoms with Gasteiger partial charge in [0.2, 0.25) is 0 Å². The lowest BCUT2D eigenvalue weighted by atomic mass is 10.2. The maximum atomic E-state index is 10.9. The second-order valence-electron chi connectivity index (χ2n) is 4.38. The number of carbonyl (C=O) groups excluding carboxylic acids is 1. The molecule has 2 N–H and O–H groups in total. The minimum absolute atomic E-state index is 0.0626. The smallest absolute Gasteiger partial charge is 0.185 e. The summed E-state index contributed by atoms with van der Waals surface area (Å²) in [7, 11) is 0. The Balaban J connectivity index is 2.06. The van der Waals surface area contributed by atoms with Crippen molar-refractivity contribution >= 4 is 28.2 Å². The topological polar surface area (TPSA) is 57.5 Å². The standard InChI is InChI=1S/C15H16O3S2/c1-10(16)19-9-12(17)15(18)14-8-7-13(20-14)11-5-3-2-4-6-11/h2-8,12,15,17-18H,9H2,1H3. The number of aliphatic hydroxyl groups is 2. The van der Waals surface area contributed by atoms with Crippen LogP contribution in [0, 0.1) is 0 Å². The van der Waals surface area contributed by atoms with Crippen LogP contribution in [0.5, 0.6) is 0 Å². The van der Waals surface area contributed by atoms with Gasteiger partial charge < -0.3 is 10.2 Å². The summed E-state index contributed by atoms with van der Waals surface area (Å²) in [6, 6.07) is 13.6. The summed E-state index contributed by atoms with van der Waals surface area (Å²) in [6.45, 7) is 1.45. The lowest BCUT2D eigenvalue weighted by molar-refractivity contribution is -0.109. The molecule has 0 radical (unpaired) electrons. The average Bonchev–Trinajstić information content (AvgIpc) is 2.94. The van der Waals surface area contributed by atoms with Crippen molar-refractivity contribution in [1.82, 2.24) is 0 Å². The molecule has 0 aliphatic rings. The highest BCUT2D eigenvalue weighted by atomic mass is 32.2. The Morgan fingerprint density at radius 1 is 1.20 bits per heavy atom. The number of rotatable bonds is 5. The van der Waals surface area contributed by atoms with Crippen LogP contribution in [0.25, 0.3) is 10.4 Å². The van der Waals surface area contributed by atoms with Gasteiger partial charge in [0, 0.05) is 22.4 Å². The zero-order valence-electron chi connectivity index (χ0n) is 11.0. The number of carbonyl (C=O) groups is 1. The molecule has 1 heterocycles. The van der Waals surface area contributed by atoms with E-state index in [0.29, 0.717) is 4.88 Å². The molecule has 1 aromatic carbocycles. The molecule has 0 spiro atoms. The molecule has 3 nitrogen and oxygen atoms in total. The Labute approximate surface area is 126 Å². The van der Waals surface area contributed by atoms with Gasteiger partial charge in [-0.05, 0) is 17.7 Å². The summed E-state index contributed by atoms with van der Waals surface area (Å²) in [5, 5.41) is 19.9. The first-order valence-electron chi connectivity index (χ1n) is 6.22. The van der Waals surface area contributed by atoms with E-state index < -0.39 is 12.2 Å². The summed E-state index contributed by atoms with van der Waals surface area (Å²) in [5.74, 6) is 0.203. The van der Waals surface area contributed by atoms with Gasteiger partial charge in [0.15, 0.2) is 5.12 Å². The van der Waals surface area contributed by atoms with E-state index in [1.807, 2.05) is 42.5 Å². The molecule has 0 saturated heterocycles. The molecule has 0 bridgehead atoms. The van der Waals surface area contributed by atoms with E-state index in [1.165, 1.54) is 18.3 Å². The van der Waals surface area contributed by atoms with Crippen molar-refractivity contribution in [3.63, 3.8) is 0 Å². The Kier molecular flexibility index (Phi) is 5.37. The van der Waals surface area contributed by atoms with E-state index in [9.17, 15) is 15.0 Å². The van der Waals surface area contributed by atoms with Crippen molar-refractivity contribution in [1.29, 1.82) is 0 Å². The van der Waals surface area contributed by atoms with Gasteiger partial charge in [-0.25, -0.2) is 0 Å². The minimum atomic E-state index is -0.954. The van der Waals surface area contributed by atoms with Gasteiger partial charge in [0.25, 0.3) is 0 Å². The second-order valence-corrected chi connectivity index (χ2v) is 6.70. The molecule has 0 aliphatic carbocycles. The summed E-state index contributed by atoms with van der Waals surface area (Å²) in [6.07, 6.45) is -1.89. The van der Waals surface area contributed by atoms with Gasteiger partial charge in [-0.2, -0.15) is 0 Å². The van der Waals surface area contributed by atoms with Gasteiger partial charge in [-0.15, -0.1) is 11.3 Å². The molecule has 5 heteroatoms. The van der Waals surface area contributed by atoms with Crippen LogP contribution in [-0.2, 0) is 4.79 Å². The van der Waals surface area contributed by atoms with Crippen molar-refractivity contribution in [3.8, 4) is 10.4 Å². The molecule has 106 valence electrons. The van der Waals surface area contributed by atoms with E-state index >= 15 is 0 Å². The van der Waals surface area contributed by atoms with E-state index in [4.69, 9.17) is 0 Å². The third-order valence-electron chi connectivity index (χ3n) is 2.80. The quantitative estimate of drug-likeness (QED) is 0.891. The molecular formula is C15H16O3S2. The predicted octanol–water partition coefficient (Wildman–Crippen LogP) is 3.09. The maximum Gasteiger partial charge on any atom is 0.185 e. The minimum Gasteiger partial charge on any atom is -0.389 e. The number of benzene rings is 1. The molecule has 2 rings (SSSR count). The fourth-order valence-corrected chi connectivity index (χ4v) is 3.40. The van der Waals surface area contributed by atoms with E-state index in [0.717, 1.165) is 22.2 Å². The van der Waals surface area contributed by atoms with Crippen LogP contribution in [-0.4, -0.2) is 27.2 Å². The average molecular weight is 308 g/mol. The van der Waals surface area contributed by atoms with Crippen LogP contribution >= 0.6 is 23.1 Å². The summed E-state index contributed by atoms with van der Waals surface area (Å²) in [5.41, 5.74) is 1.09. The van der Waals surface area contributed by atoms with Gasteiger partial charge in [0.05, 0.1) is 6.10 Å². The Bertz CT molecular complexity index is 566. The zero-order chi connectivity index (χ0) is 14.5. The first kappa shape index (κ1) is 15.3. The van der Waals surface area contributed by atoms with Crippen LogP contribution in [0.4, 0.5) is 0 Å².